The van der Waals surface area contributed by atoms with Gasteiger partial charge in [0.1, 0.15) is 0 Å². The van der Waals surface area contributed by atoms with Gasteiger partial charge in [-0.25, -0.2) is 8.42 Å². The Labute approximate surface area is 55.5 Å². The van der Waals surface area contributed by atoms with Crippen molar-refractivity contribution < 1.29 is 8.42 Å². The minimum Gasteiger partial charge on any atom is -0.228 e. The van der Waals surface area contributed by atoms with E-state index in [0.29, 0.717) is 0 Å². The molecule has 9 heavy (non-hydrogen) atoms. The fourth-order valence-electron chi connectivity index (χ4n) is 0.871. The molecule has 1 aliphatic rings. The van der Waals surface area contributed by atoms with Crippen LogP contribution in [-0.4, -0.2) is 18.9 Å². The van der Waals surface area contributed by atoms with E-state index in [-0.39, 0.29) is 10.5 Å². The van der Waals surface area contributed by atoms with E-state index >= 15 is 0 Å². The SMILES string of the molecule is C[C@@H]1C=C[C@H](C)S1(=O)=O. The third kappa shape index (κ3) is 0.894. The first-order valence-corrected chi connectivity index (χ1v) is 4.57. The van der Waals surface area contributed by atoms with Crippen LogP contribution in [0.2, 0.25) is 0 Å². The lowest BCUT2D eigenvalue weighted by Gasteiger charge is -2.03. The molecule has 0 aromatic heterocycles. The Kier molecular flexibility index (Phi) is 1.39. The number of hydrogen-bond acceptors (Lipinski definition) is 2. The quantitative estimate of drug-likeness (QED) is 0.472. The van der Waals surface area contributed by atoms with Crippen molar-refractivity contribution in [2.45, 2.75) is 24.3 Å². The van der Waals surface area contributed by atoms with Crippen LogP contribution in [0.4, 0.5) is 0 Å². The molecule has 2 atom stereocenters. The molecule has 0 saturated carbocycles. The van der Waals surface area contributed by atoms with E-state index in [1.165, 1.54) is 0 Å². The molecule has 0 N–H and O–H groups in total. The summed E-state index contributed by atoms with van der Waals surface area (Å²) in [6, 6.07) is 0. The molecule has 0 bridgehead atoms. The highest BCUT2D eigenvalue weighted by Gasteiger charge is 2.28. The van der Waals surface area contributed by atoms with Gasteiger partial charge in [0.2, 0.25) is 0 Å². The first kappa shape index (κ1) is 6.81. The minimum absolute atomic E-state index is 0.271. The summed E-state index contributed by atoms with van der Waals surface area (Å²) >= 11 is 0. The first-order chi connectivity index (χ1) is 4.05. The Morgan fingerprint density at radius 1 is 1.11 bits per heavy atom. The van der Waals surface area contributed by atoms with Gasteiger partial charge in [-0.15, -0.1) is 0 Å². The third-order valence-electron chi connectivity index (χ3n) is 1.69. The molecule has 0 aromatic carbocycles. The summed E-state index contributed by atoms with van der Waals surface area (Å²) in [4.78, 5) is 0. The molecule has 0 radical (unpaired) electrons. The summed E-state index contributed by atoms with van der Waals surface area (Å²) in [5, 5.41) is -0.542. The largest absolute Gasteiger partial charge is 0.228 e. The third-order valence-corrected chi connectivity index (χ3v) is 4.08. The molecule has 3 heteroatoms. The Hall–Kier alpha value is -0.310. The molecular formula is C6H10O2S. The molecule has 0 aliphatic carbocycles. The van der Waals surface area contributed by atoms with E-state index in [9.17, 15) is 8.42 Å². The van der Waals surface area contributed by atoms with Crippen LogP contribution in [0.5, 0.6) is 0 Å². The van der Waals surface area contributed by atoms with Crippen molar-refractivity contribution in [1.29, 1.82) is 0 Å². The molecule has 0 saturated heterocycles. The summed E-state index contributed by atoms with van der Waals surface area (Å²) in [5.74, 6) is 0. The van der Waals surface area contributed by atoms with Gasteiger partial charge in [0, 0.05) is 0 Å². The van der Waals surface area contributed by atoms with Gasteiger partial charge in [0.25, 0.3) is 0 Å². The molecule has 0 aromatic rings. The molecule has 1 rings (SSSR count). The van der Waals surface area contributed by atoms with Crippen LogP contribution >= 0.6 is 0 Å². The highest BCUT2D eigenvalue weighted by atomic mass is 32.2. The van der Waals surface area contributed by atoms with E-state index < -0.39 is 9.84 Å². The molecular weight excluding hydrogens is 136 g/mol. The molecule has 1 heterocycles. The topological polar surface area (TPSA) is 34.1 Å². The average Bonchev–Trinajstić information content (AvgIpc) is 1.96. The van der Waals surface area contributed by atoms with Crippen LogP contribution in [0.1, 0.15) is 13.8 Å². The molecule has 0 unspecified atom stereocenters. The zero-order valence-electron chi connectivity index (χ0n) is 5.53. The molecule has 1 aliphatic heterocycles. The molecule has 0 amide bonds. The van der Waals surface area contributed by atoms with E-state index in [4.69, 9.17) is 0 Å². The lowest BCUT2D eigenvalue weighted by atomic mass is 10.4. The molecule has 52 valence electrons. The zero-order valence-corrected chi connectivity index (χ0v) is 6.35. The standard InChI is InChI=1S/C6H10O2S/c1-5-3-4-6(2)9(5,7)8/h3-6H,1-2H3/t5-,6+. The lowest BCUT2D eigenvalue weighted by molar-refractivity contribution is 0.590. The zero-order chi connectivity index (χ0) is 7.07. The summed E-state index contributed by atoms with van der Waals surface area (Å²) in [6.45, 7) is 3.41. The first-order valence-electron chi connectivity index (χ1n) is 2.96. The maximum absolute atomic E-state index is 11.0. The second-order valence-electron chi connectivity index (χ2n) is 2.38. The minimum atomic E-state index is -2.81. The Morgan fingerprint density at radius 2 is 1.44 bits per heavy atom. The monoisotopic (exact) mass is 146 g/mol. The van der Waals surface area contributed by atoms with Gasteiger partial charge in [-0.05, 0) is 13.8 Å². The van der Waals surface area contributed by atoms with Crippen molar-refractivity contribution >= 4 is 9.84 Å². The van der Waals surface area contributed by atoms with Crippen molar-refractivity contribution in [2.75, 3.05) is 0 Å². The van der Waals surface area contributed by atoms with E-state index in [1.54, 1.807) is 26.0 Å². The smallest absolute Gasteiger partial charge is 0.162 e. The van der Waals surface area contributed by atoms with Crippen molar-refractivity contribution in [1.82, 2.24) is 0 Å². The van der Waals surface area contributed by atoms with Crippen molar-refractivity contribution in [2.24, 2.45) is 0 Å². The van der Waals surface area contributed by atoms with E-state index in [2.05, 4.69) is 0 Å². The summed E-state index contributed by atoms with van der Waals surface area (Å²) in [5.41, 5.74) is 0. The number of sulfone groups is 1. The maximum atomic E-state index is 11.0. The van der Waals surface area contributed by atoms with Gasteiger partial charge < -0.3 is 0 Å². The van der Waals surface area contributed by atoms with Crippen LogP contribution in [0, 0.1) is 0 Å². The van der Waals surface area contributed by atoms with E-state index in [0.717, 1.165) is 0 Å². The molecule has 0 spiro atoms. The Morgan fingerprint density at radius 3 is 1.56 bits per heavy atom. The Balaban J connectivity index is 3.04. The van der Waals surface area contributed by atoms with Gasteiger partial charge in [-0.3, -0.25) is 0 Å². The normalized spacial score (nSPS) is 39.3. The predicted octanol–water partition coefficient (Wildman–Crippen LogP) is 0.748. The van der Waals surface area contributed by atoms with Gasteiger partial charge >= 0.3 is 0 Å². The van der Waals surface area contributed by atoms with Gasteiger partial charge in [-0.2, -0.15) is 0 Å². The van der Waals surface area contributed by atoms with Gasteiger partial charge in [0.05, 0.1) is 10.5 Å². The number of hydrogen-bond donors (Lipinski definition) is 0. The fraction of sp³-hybridized carbons (Fsp3) is 0.667. The predicted molar refractivity (Wildman–Crippen MR) is 37.0 cm³/mol. The van der Waals surface area contributed by atoms with Crippen molar-refractivity contribution in [3.63, 3.8) is 0 Å². The van der Waals surface area contributed by atoms with Gasteiger partial charge in [-0.1, -0.05) is 12.2 Å². The molecule has 0 fully saturated rings. The summed E-state index contributed by atoms with van der Waals surface area (Å²) < 4.78 is 22.1. The van der Waals surface area contributed by atoms with Crippen LogP contribution in [-0.2, 0) is 9.84 Å². The van der Waals surface area contributed by atoms with Crippen molar-refractivity contribution in [3.05, 3.63) is 12.2 Å². The van der Waals surface area contributed by atoms with Crippen LogP contribution in [0.15, 0.2) is 12.2 Å². The summed E-state index contributed by atoms with van der Waals surface area (Å²) in [6.07, 6.45) is 3.47. The summed E-state index contributed by atoms with van der Waals surface area (Å²) in [7, 11) is -2.81. The molecule has 2 nitrogen and oxygen atoms in total. The van der Waals surface area contributed by atoms with Crippen LogP contribution < -0.4 is 0 Å². The number of rotatable bonds is 0. The van der Waals surface area contributed by atoms with Gasteiger partial charge in [0.15, 0.2) is 9.84 Å². The highest BCUT2D eigenvalue weighted by molar-refractivity contribution is 7.93. The van der Waals surface area contributed by atoms with Crippen molar-refractivity contribution in [3.8, 4) is 0 Å². The average molecular weight is 146 g/mol. The second-order valence-corrected chi connectivity index (χ2v) is 5.05. The van der Waals surface area contributed by atoms with Crippen LogP contribution in [0.3, 0.4) is 0 Å². The van der Waals surface area contributed by atoms with E-state index in [1.807, 2.05) is 0 Å². The van der Waals surface area contributed by atoms with Crippen LogP contribution in [0.25, 0.3) is 0 Å². The lowest BCUT2D eigenvalue weighted by Crippen LogP contribution is -2.18. The fourth-order valence-corrected chi connectivity index (χ4v) is 2.17. The Bertz CT molecular complexity index is 207. The second kappa shape index (κ2) is 1.84. The highest BCUT2D eigenvalue weighted by Crippen LogP contribution is 2.18. The maximum Gasteiger partial charge on any atom is 0.162 e.